The second kappa shape index (κ2) is 7.93. The molecule has 8 heteroatoms. The van der Waals surface area contributed by atoms with E-state index in [4.69, 9.17) is 4.74 Å². The summed E-state index contributed by atoms with van der Waals surface area (Å²) in [6.45, 7) is -1.04. The molecule has 6 nitrogen and oxygen atoms in total. The summed E-state index contributed by atoms with van der Waals surface area (Å²) >= 11 is 0. The van der Waals surface area contributed by atoms with Gasteiger partial charge >= 0.3 is 12.7 Å². The van der Waals surface area contributed by atoms with E-state index < -0.39 is 12.7 Å². The van der Waals surface area contributed by atoms with E-state index in [1.165, 1.54) is 31.5 Å². The predicted molar refractivity (Wildman–Crippen MR) is 67.4 cm³/mol. The first-order valence-electron chi connectivity index (χ1n) is 5.65. The molecule has 0 radical (unpaired) electrons. The van der Waals surface area contributed by atoms with Gasteiger partial charge in [-0.3, -0.25) is 0 Å². The fourth-order valence-electron chi connectivity index (χ4n) is 1.28. The lowest BCUT2D eigenvalue weighted by atomic mass is 10.2. The van der Waals surface area contributed by atoms with E-state index in [9.17, 15) is 13.6 Å². The lowest BCUT2D eigenvalue weighted by Crippen LogP contribution is -2.18. The number of benzene rings is 1. The minimum absolute atomic E-state index is 0.0852. The Kier molecular flexibility index (Phi) is 6.21. The van der Waals surface area contributed by atoms with Crippen LogP contribution in [0.25, 0.3) is 0 Å². The van der Waals surface area contributed by atoms with Crippen molar-refractivity contribution in [3.63, 3.8) is 0 Å². The van der Waals surface area contributed by atoms with Crippen LogP contribution in [0.5, 0.6) is 11.5 Å². The van der Waals surface area contributed by atoms with Crippen molar-refractivity contribution in [3.05, 3.63) is 23.8 Å². The SMILES string of the molecule is CCOC(=O)N/N=C\c1ccc(OC(F)F)c(OC)c1. The van der Waals surface area contributed by atoms with Crippen LogP contribution in [0.4, 0.5) is 13.6 Å². The zero-order valence-electron chi connectivity index (χ0n) is 10.9. The first-order chi connectivity index (χ1) is 9.56. The Hall–Kier alpha value is -2.38. The van der Waals surface area contributed by atoms with Gasteiger partial charge in [0.25, 0.3) is 0 Å². The van der Waals surface area contributed by atoms with E-state index in [-0.39, 0.29) is 18.1 Å². The summed E-state index contributed by atoms with van der Waals surface area (Å²) < 4.78 is 38.1. The lowest BCUT2D eigenvalue weighted by Gasteiger charge is -2.09. The van der Waals surface area contributed by atoms with E-state index in [0.29, 0.717) is 5.56 Å². The third-order valence-corrected chi connectivity index (χ3v) is 2.05. The molecule has 0 saturated carbocycles. The van der Waals surface area contributed by atoms with Gasteiger partial charge in [0.2, 0.25) is 0 Å². The second-order valence-corrected chi connectivity index (χ2v) is 3.38. The Bertz CT molecular complexity index is 481. The summed E-state index contributed by atoms with van der Waals surface area (Å²) in [7, 11) is 1.32. The molecule has 0 spiro atoms. The van der Waals surface area contributed by atoms with Gasteiger partial charge in [-0.2, -0.15) is 13.9 Å². The summed E-state index contributed by atoms with van der Waals surface area (Å²) in [5, 5.41) is 3.63. The van der Waals surface area contributed by atoms with Crippen LogP contribution in [-0.2, 0) is 4.74 Å². The quantitative estimate of drug-likeness (QED) is 0.644. The first-order valence-corrected chi connectivity index (χ1v) is 5.65. The van der Waals surface area contributed by atoms with Crippen LogP contribution in [-0.4, -0.2) is 32.6 Å². The lowest BCUT2D eigenvalue weighted by molar-refractivity contribution is -0.0512. The molecule has 1 N–H and O–H groups in total. The van der Waals surface area contributed by atoms with Gasteiger partial charge in [0.15, 0.2) is 11.5 Å². The molecule has 20 heavy (non-hydrogen) atoms. The Morgan fingerprint density at radius 3 is 2.80 bits per heavy atom. The van der Waals surface area contributed by atoms with Gasteiger partial charge in [0.05, 0.1) is 19.9 Å². The molecule has 1 amide bonds. The number of alkyl halides is 2. The van der Waals surface area contributed by atoms with Crippen molar-refractivity contribution in [2.75, 3.05) is 13.7 Å². The number of nitrogens with zero attached hydrogens (tertiary/aromatic N) is 1. The number of rotatable bonds is 6. The second-order valence-electron chi connectivity index (χ2n) is 3.38. The minimum atomic E-state index is -2.94. The fourth-order valence-corrected chi connectivity index (χ4v) is 1.28. The predicted octanol–water partition coefficient (Wildman–Crippen LogP) is 2.38. The average molecular weight is 288 g/mol. The van der Waals surface area contributed by atoms with Gasteiger partial charge in [0, 0.05) is 0 Å². The minimum Gasteiger partial charge on any atom is -0.493 e. The highest BCUT2D eigenvalue weighted by molar-refractivity contribution is 5.82. The summed E-state index contributed by atoms with van der Waals surface area (Å²) in [6.07, 6.45) is 0.624. The van der Waals surface area contributed by atoms with Gasteiger partial charge in [-0.05, 0) is 30.7 Å². The molecule has 0 unspecified atom stereocenters. The Labute approximate surface area is 114 Å². The maximum Gasteiger partial charge on any atom is 0.427 e. The molecular weight excluding hydrogens is 274 g/mol. The van der Waals surface area contributed by atoms with Crippen LogP contribution < -0.4 is 14.9 Å². The maximum atomic E-state index is 12.1. The smallest absolute Gasteiger partial charge is 0.427 e. The molecule has 0 bridgehead atoms. The Morgan fingerprint density at radius 1 is 1.45 bits per heavy atom. The average Bonchev–Trinajstić information content (AvgIpc) is 2.40. The van der Waals surface area contributed by atoms with Gasteiger partial charge in [-0.1, -0.05) is 0 Å². The van der Waals surface area contributed by atoms with Crippen molar-refractivity contribution in [2.24, 2.45) is 5.10 Å². The van der Waals surface area contributed by atoms with E-state index in [0.717, 1.165) is 0 Å². The highest BCUT2D eigenvalue weighted by Gasteiger charge is 2.10. The van der Waals surface area contributed by atoms with Crippen LogP contribution in [0.1, 0.15) is 12.5 Å². The number of ether oxygens (including phenoxy) is 3. The fraction of sp³-hybridized carbons (Fsp3) is 0.333. The van der Waals surface area contributed by atoms with Crippen LogP contribution >= 0.6 is 0 Å². The normalized spacial score (nSPS) is 10.7. The number of hydrazone groups is 1. The number of hydrogen-bond donors (Lipinski definition) is 1. The van der Waals surface area contributed by atoms with Crippen LogP contribution in [0.2, 0.25) is 0 Å². The molecule has 1 rings (SSSR count). The molecule has 0 aromatic heterocycles. The van der Waals surface area contributed by atoms with Crippen molar-refractivity contribution in [1.29, 1.82) is 0 Å². The number of carbonyl (C=O) groups excluding carboxylic acids is 1. The monoisotopic (exact) mass is 288 g/mol. The topological polar surface area (TPSA) is 69.2 Å². The molecule has 1 aromatic carbocycles. The highest BCUT2D eigenvalue weighted by Crippen LogP contribution is 2.28. The zero-order chi connectivity index (χ0) is 15.0. The van der Waals surface area contributed by atoms with Crippen LogP contribution in [0.15, 0.2) is 23.3 Å². The van der Waals surface area contributed by atoms with E-state index in [2.05, 4.69) is 20.0 Å². The summed E-state index contributed by atoms with van der Waals surface area (Å²) in [6, 6.07) is 4.24. The van der Waals surface area contributed by atoms with Gasteiger partial charge in [-0.15, -0.1) is 0 Å². The zero-order valence-corrected chi connectivity index (χ0v) is 10.9. The summed E-state index contributed by atoms with van der Waals surface area (Å²) in [4.78, 5) is 11.0. The van der Waals surface area contributed by atoms with Crippen LogP contribution in [0, 0.1) is 0 Å². The van der Waals surface area contributed by atoms with E-state index >= 15 is 0 Å². The summed E-state index contributed by atoms with van der Waals surface area (Å²) in [5.41, 5.74) is 2.66. The number of hydrogen-bond acceptors (Lipinski definition) is 5. The standard InChI is InChI=1S/C12H14F2N2O4/c1-3-19-12(17)16-15-7-8-4-5-9(20-11(13)14)10(6-8)18-2/h4-7,11H,3H2,1-2H3,(H,16,17)/b15-7-. The number of amides is 1. The summed E-state index contributed by atoms with van der Waals surface area (Å²) in [5.74, 6) is 0.0448. The van der Waals surface area contributed by atoms with E-state index in [1.54, 1.807) is 6.92 Å². The molecular formula is C12H14F2N2O4. The number of carbonyl (C=O) groups is 1. The molecule has 110 valence electrons. The maximum absolute atomic E-state index is 12.1. The van der Waals surface area contributed by atoms with Crippen molar-refractivity contribution in [2.45, 2.75) is 13.5 Å². The van der Waals surface area contributed by atoms with Gasteiger partial charge < -0.3 is 14.2 Å². The van der Waals surface area contributed by atoms with Gasteiger partial charge in [-0.25, -0.2) is 10.2 Å². The van der Waals surface area contributed by atoms with Crippen molar-refractivity contribution in [1.82, 2.24) is 5.43 Å². The van der Waals surface area contributed by atoms with Crippen molar-refractivity contribution >= 4 is 12.3 Å². The Balaban J connectivity index is 2.72. The number of nitrogens with one attached hydrogen (secondary N) is 1. The third kappa shape index (κ3) is 5.09. The molecule has 0 atom stereocenters. The van der Waals surface area contributed by atoms with E-state index in [1.807, 2.05) is 0 Å². The molecule has 0 saturated heterocycles. The largest absolute Gasteiger partial charge is 0.493 e. The number of halogens is 2. The molecule has 0 aliphatic heterocycles. The van der Waals surface area contributed by atoms with Crippen molar-refractivity contribution < 1.29 is 27.8 Å². The number of methoxy groups -OCH3 is 1. The molecule has 0 aliphatic carbocycles. The Morgan fingerprint density at radius 2 is 2.20 bits per heavy atom. The van der Waals surface area contributed by atoms with Gasteiger partial charge in [0.1, 0.15) is 0 Å². The molecule has 0 aliphatic rings. The first kappa shape index (κ1) is 15.7. The molecule has 0 heterocycles. The van der Waals surface area contributed by atoms with Crippen LogP contribution in [0.3, 0.4) is 0 Å². The molecule has 0 fully saturated rings. The highest BCUT2D eigenvalue weighted by atomic mass is 19.3. The third-order valence-electron chi connectivity index (χ3n) is 2.05. The van der Waals surface area contributed by atoms with Crippen molar-refractivity contribution in [3.8, 4) is 11.5 Å². The molecule has 1 aromatic rings.